The van der Waals surface area contributed by atoms with Crippen molar-refractivity contribution in [3.8, 4) is 0 Å². The molecule has 0 saturated heterocycles. The molecule has 0 aromatic heterocycles. The highest BCUT2D eigenvalue weighted by Crippen LogP contribution is 2.06. The van der Waals surface area contributed by atoms with Crippen molar-refractivity contribution >= 4 is 28.6 Å². The zero-order valence-corrected chi connectivity index (χ0v) is 9.03. The van der Waals surface area contributed by atoms with Crippen molar-refractivity contribution in [1.29, 1.82) is 0 Å². The van der Waals surface area contributed by atoms with Crippen LogP contribution in [-0.4, -0.2) is 12.6 Å². The molecule has 0 amide bonds. The summed E-state index contributed by atoms with van der Waals surface area (Å²) in [5.74, 6) is -0.308. The highest BCUT2D eigenvalue weighted by molar-refractivity contribution is 8.93. The Morgan fingerprint density at radius 2 is 1.92 bits per heavy atom. The summed E-state index contributed by atoms with van der Waals surface area (Å²) in [6, 6.07) is 6.64. The quantitative estimate of drug-likeness (QED) is 0.641. The number of ether oxygens (including phenoxy) is 1. The summed E-state index contributed by atoms with van der Waals surface area (Å²) in [7, 11) is 0. The lowest BCUT2D eigenvalue weighted by molar-refractivity contribution is 0.0526. The molecular formula is C9H12BrNO2. The van der Waals surface area contributed by atoms with E-state index >= 15 is 0 Å². The van der Waals surface area contributed by atoms with Crippen LogP contribution >= 0.6 is 17.0 Å². The summed E-state index contributed by atoms with van der Waals surface area (Å²) < 4.78 is 4.79. The third-order valence-electron chi connectivity index (χ3n) is 1.42. The van der Waals surface area contributed by atoms with E-state index in [1.807, 2.05) is 0 Å². The fourth-order valence-electron chi connectivity index (χ4n) is 0.834. The maximum atomic E-state index is 11.1. The van der Waals surface area contributed by atoms with Crippen LogP contribution in [0, 0.1) is 0 Å². The Balaban J connectivity index is 0.00000144. The van der Waals surface area contributed by atoms with Gasteiger partial charge in [0.2, 0.25) is 0 Å². The van der Waals surface area contributed by atoms with E-state index in [1.165, 1.54) is 0 Å². The van der Waals surface area contributed by atoms with Crippen molar-refractivity contribution in [3.63, 3.8) is 0 Å². The molecule has 2 N–H and O–H groups in total. The molecule has 0 aliphatic heterocycles. The number of carbonyl (C=O) groups excluding carboxylic acids is 1. The van der Waals surface area contributed by atoms with Crippen LogP contribution in [0.15, 0.2) is 24.3 Å². The molecule has 0 bridgehead atoms. The number of nitrogens with two attached hydrogens (primary N) is 1. The van der Waals surface area contributed by atoms with Crippen molar-refractivity contribution in [1.82, 2.24) is 0 Å². The van der Waals surface area contributed by atoms with Gasteiger partial charge in [0.05, 0.1) is 12.2 Å². The third kappa shape index (κ3) is 3.46. The Morgan fingerprint density at radius 3 is 2.38 bits per heavy atom. The normalized spacial score (nSPS) is 8.69. The van der Waals surface area contributed by atoms with E-state index in [0.29, 0.717) is 17.9 Å². The Kier molecular flexibility index (Phi) is 5.14. The van der Waals surface area contributed by atoms with Gasteiger partial charge >= 0.3 is 5.97 Å². The average molecular weight is 246 g/mol. The molecule has 1 aromatic carbocycles. The maximum Gasteiger partial charge on any atom is 0.338 e. The largest absolute Gasteiger partial charge is 0.462 e. The summed E-state index contributed by atoms with van der Waals surface area (Å²) in [4.78, 5) is 11.1. The molecule has 1 aromatic rings. The fourth-order valence-corrected chi connectivity index (χ4v) is 0.834. The Hall–Kier alpha value is -1.03. The number of esters is 1. The van der Waals surface area contributed by atoms with Gasteiger partial charge in [-0.3, -0.25) is 0 Å². The lowest BCUT2D eigenvalue weighted by Crippen LogP contribution is -2.04. The lowest BCUT2D eigenvalue weighted by atomic mass is 10.2. The van der Waals surface area contributed by atoms with Gasteiger partial charge < -0.3 is 10.5 Å². The molecule has 1 rings (SSSR count). The van der Waals surface area contributed by atoms with Crippen molar-refractivity contribution in [2.24, 2.45) is 0 Å². The first-order valence-corrected chi connectivity index (χ1v) is 3.76. The second-order valence-electron chi connectivity index (χ2n) is 2.34. The maximum absolute atomic E-state index is 11.1. The second-order valence-corrected chi connectivity index (χ2v) is 2.34. The topological polar surface area (TPSA) is 52.3 Å². The predicted molar refractivity (Wildman–Crippen MR) is 57.1 cm³/mol. The van der Waals surface area contributed by atoms with Crippen LogP contribution in [0.5, 0.6) is 0 Å². The third-order valence-corrected chi connectivity index (χ3v) is 1.42. The van der Waals surface area contributed by atoms with E-state index in [2.05, 4.69) is 0 Å². The van der Waals surface area contributed by atoms with Crippen LogP contribution in [0.1, 0.15) is 17.3 Å². The van der Waals surface area contributed by atoms with E-state index in [1.54, 1.807) is 31.2 Å². The van der Waals surface area contributed by atoms with Gasteiger partial charge in [-0.1, -0.05) is 0 Å². The molecule has 0 aliphatic carbocycles. The van der Waals surface area contributed by atoms with Gasteiger partial charge in [-0.25, -0.2) is 4.79 Å². The molecule has 0 spiro atoms. The average Bonchev–Trinajstić information content (AvgIpc) is 2.06. The van der Waals surface area contributed by atoms with E-state index in [0.717, 1.165) is 0 Å². The molecule has 13 heavy (non-hydrogen) atoms. The molecule has 0 heterocycles. The molecule has 0 radical (unpaired) electrons. The molecule has 3 nitrogen and oxygen atoms in total. The van der Waals surface area contributed by atoms with Crippen LogP contribution in [-0.2, 0) is 4.74 Å². The van der Waals surface area contributed by atoms with Gasteiger partial charge in [0, 0.05) is 5.69 Å². The summed E-state index contributed by atoms with van der Waals surface area (Å²) in [6.45, 7) is 2.17. The number of anilines is 1. The Bertz CT molecular complexity index is 271. The van der Waals surface area contributed by atoms with Gasteiger partial charge in [-0.15, -0.1) is 17.0 Å². The first kappa shape index (κ1) is 12.0. The number of carbonyl (C=O) groups is 1. The van der Waals surface area contributed by atoms with Gasteiger partial charge in [-0.05, 0) is 31.2 Å². The molecule has 4 heteroatoms. The van der Waals surface area contributed by atoms with Gasteiger partial charge in [-0.2, -0.15) is 0 Å². The first-order chi connectivity index (χ1) is 5.74. The van der Waals surface area contributed by atoms with Crippen LogP contribution < -0.4 is 5.73 Å². The number of rotatable bonds is 2. The Labute approximate surface area is 87.7 Å². The first-order valence-electron chi connectivity index (χ1n) is 3.76. The highest BCUT2D eigenvalue weighted by atomic mass is 79.9. The number of hydrogen-bond donors (Lipinski definition) is 1. The SMILES string of the molecule is Br.CCOC(=O)c1ccc(N)cc1. The summed E-state index contributed by atoms with van der Waals surface area (Å²) in [6.07, 6.45) is 0. The minimum Gasteiger partial charge on any atom is -0.462 e. The summed E-state index contributed by atoms with van der Waals surface area (Å²) >= 11 is 0. The van der Waals surface area contributed by atoms with Gasteiger partial charge in [0.25, 0.3) is 0 Å². The number of halogens is 1. The summed E-state index contributed by atoms with van der Waals surface area (Å²) in [5.41, 5.74) is 6.62. The van der Waals surface area contributed by atoms with Crippen LogP contribution in [0.4, 0.5) is 5.69 Å². The van der Waals surface area contributed by atoms with E-state index in [-0.39, 0.29) is 23.0 Å². The molecule has 0 unspecified atom stereocenters. The van der Waals surface area contributed by atoms with Gasteiger partial charge in [0.15, 0.2) is 0 Å². The second kappa shape index (κ2) is 5.59. The monoisotopic (exact) mass is 245 g/mol. The van der Waals surface area contributed by atoms with Crippen LogP contribution in [0.2, 0.25) is 0 Å². The van der Waals surface area contributed by atoms with E-state index in [4.69, 9.17) is 10.5 Å². The molecule has 0 saturated carbocycles. The fraction of sp³-hybridized carbons (Fsp3) is 0.222. The lowest BCUT2D eigenvalue weighted by Gasteiger charge is -2.00. The molecule has 0 aliphatic rings. The van der Waals surface area contributed by atoms with Crippen molar-refractivity contribution < 1.29 is 9.53 Å². The smallest absolute Gasteiger partial charge is 0.338 e. The minimum absolute atomic E-state index is 0. The number of hydrogen-bond acceptors (Lipinski definition) is 3. The molecular weight excluding hydrogens is 234 g/mol. The number of benzene rings is 1. The van der Waals surface area contributed by atoms with Crippen molar-refractivity contribution in [2.75, 3.05) is 12.3 Å². The van der Waals surface area contributed by atoms with Gasteiger partial charge in [0.1, 0.15) is 0 Å². The van der Waals surface area contributed by atoms with Crippen molar-refractivity contribution in [3.05, 3.63) is 29.8 Å². The number of nitrogen functional groups attached to an aromatic ring is 1. The molecule has 72 valence electrons. The standard InChI is InChI=1S/C9H11NO2.BrH/c1-2-12-9(11)7-3-5-8(10)6-4-7;/h3-6H,2,10H2,1H3;1H. The molecule has 0 fully saturated rings. The predicted octanol–water partition coefficient (Wildman–Crippen LogP) is 2.02. The van der Waals surface area contributed by atoms with E-state index in [9.17, 15) is 4.79 Å². The van der Waals surface area contributed by atoms with Crippen LogP contribution in [0.3, 0.4) is 0 Å². The zero-order valence-electron chi connectivity index (χ0n) is 7.32. The molecule has 0 atom stereocenters. The van der Waals surface area contributed by atoms with E-state index < -0.39 is 0 Å². The van der Waals surface area contributed by atoms with Crippen LogP contribution in [0.25, 0.3) is 0 Å². The minimum atomic E-state index is -0.308. The van der Waals surface area contributed by atoms with Crippen molar-refractivity contribution in [2.45, 2.75) is 6.92 Å². The Morgan fingerprint density at radius 1 is 1.38 bits per heavy atom. The highest BCUT2D eigenvalue weighted by Gasteiger charge is 2.03. The zero-order chi connectivity index (χ0) is 8.97. The summed E-state index contributed by atoms with van der Waals surface area (Å²) in [5, 5.41) is 0.